The molecule has 2 atom stereocenters. The van der Waals surface area contributed by atoms with Crippen LogP contribution in [0.4, 0.5) is 11.4 Å². The van der Waals surface area contributed by atoms with E-state index in [1.807, 2.05) is 36.5 Å². The highest BCUT2D eigenvalue weighted by Gasteiger charge is 2.42. The minimum atomic E-state index is -0.122. The van der Waals surface area contributed by atoms with Gasteiger partial charge in [-0.25, -0.2) is 0 Å². The number of aromatic nitrogens is 2. The Morgan fingerprint density at radius 1 is 0.949 bits per heavy atom. The van der Waals surface area contributed by atoms with Crippen LogP contribution in [0.2, 0.25) is 0 Å². The molecule has 8 heteroatoms. The SMILES string of the molecule is CCN(CC)c1ccc(-n2c(C)cc([C@H]3[C@@H](c4ccccn4)NC(=S)N3c3ccc4c(c3)OCO4)c2C)cc1. The fourth-order valence-corrected chi connectivity index (χ4v) is 6.22. The first-order valence-electron chi connectivity index (χ1n) is 13.4. The summed E-state index contributed by atoms with van der Waals surface area (Å²) in [5.41, 5.74) is 7.81. The van der Waals surface area contributed by atoms with Crippen molar-refractivity contribution >= 4 is 28.7 Å². The summed E-state index contributed by atoms with van der Waals surface area (Å²) < 4.78 is 13.6. The largest absolute Gasteiger partial charge is 0.454 e. The number of benzene rings is 2. The molecule has 1 N–H and O–H groups in total. The van der Waals surface area contributed by atoms with Crippen molar-refractivity contribution in [3.05, 3.63) is 95.6 Å². The highest BCUT2D eigenvalue weighted by Crippen LogP contribution is 2.46. The average molecular weight is 540 g/mol. The van der Waals surface area contributed by atoms with E-state index >= 15 is 0 Å². The molecule has 0 unspecified atom stereocenters. The molecule has 2 aliphatic heterocycles. The summed E-state index contributed by atoms with van der Waals surface area (Å²) in [5.74, 6) is 1.48. The number of ether oxygens (including phenoxy) is 2. The van der Waals surface area contributed by atoms with E-state index in [0.29, 0.717) is 5.11 Å². The summed E-state index contributed by atoms with van der Waals surface area (Å²) in [6, 6.07) is 22.9. The Bertz CT molecular complexity index is 1500. The summed E-state index contributed by atoms with van der Waals surface area (Å²) in [5, 5.41) is 4.23. The molecule has 2 aromatic carbocycles. The molecule has 7 nitrogen and oxygen atoms in total. The quantitative estimate of drug-likeness (QED) is 0.279. The van der Waals surface area contributed by atoms with Crippen LogP contribution in [-0.2, 0) is 0 Å². The van der Waals surface area contributed by atoms with Crippen molar-refractivity contribution in [2.45, 2.75) is 39.8 Å². The molecule has 0 spiro atoms. The highest BCUT2D eigenvalue weighted by molar-refractivity contribution is 7.80. The molecule has 1 saturated heterocycles. The van der Waals surface area contributed by atoms with Crippen LogP contribution >= 0.6 is 12.2 Å². The minimum absolute atomic E-state index is 0.109. The van der Waals surface area contributed by atoms with Crippen molar-refractivity contribution in [1.29, 1.82) is 0 Å². The number of fused-ring (bicyclic) bond motifs is 1. The summed E-state index contributed by atoms with van der Waals surface area (Å²) in [6.07, 6.45) is 1.83. The maximum Gasteiger partial charge on any atom is 0.231 e. The van der Waals surface area contributed by atoms with E-state index in [1.54, 1.807) is 0 Å². The summed E-state index contributed by atoms with van der Waals surface area (Å²) in [4.78, 5) is 9.26. The van der Waals surface area contributed by atoms with Gasteiger partial charge < -0.3 is 29.2 Å². The Morgan fingerprint density at radius 2 is 1.69 bits per heavy atom. The van der Waals surface area contributed by atoms with Crippen molar-refractivity contribution in [3.8, 4) is 17.2 Å². The van der Waals surface area contributed by atoms with E-state index in [1.165, 1.54) is 22.6 Å². The van der Waals surface area contributed by atoms with Gasteiger partial charge in [0.25, 0.3) is 0 Å². The van der Waals surface area contributed by atoms with Crippen LogP contribution in [0.5, 0.6) is 11.5 Å². The van der Waals surface area contributed by atoms with Gasteiger partial charge in [0.1, 0.15) is 0 Å². The fraction of sp³-hybridized carbons (Fsp3) is 0.290. The number of anilines is 2. The number of nitrogens with one attached hydrogen (secondary N) is 1. The summed E-state index contributed by atoms with van der Waals surface area (Å²) in [7, 11) is 0. The molecule has 2 aliphatic rings. The Labute approximate surface area is 235 Å². The van der Waals surface area contributed by atoms with Crippen LogP contribution in [-0.4, -0.2) is 34.5 Å². The molecule has 0 amide bonds. The van der Waals surface area contributed by atoms with Crippen molar-refractivity contribution in [2.24, 2.45) is 0 Å². The van der Waals surface area contributed by atoms with Gasteiger partial charge in [0.15, 0.2) is 16.6 Å². The van der Waals surface area contributed by atoms with Crippen LogP contribution in [0.1, 0.15) is 48.6 Å². The monoisotopic (exact) mass is 539 g/mol. The van der Waals surface area contributed by atoms with E-state index in [-0.39, 0.29) is 18.9 Å². The highest BCUT2D eigenvalue weighted by atomic mass is 32.1. The van der Waals surface area contributed by atoms with E-state index in [4.69, 9.17) is 26.7 Å². The molecule has 0 bridgehead atoms. The van der Waals surface area contributed by atoms with E-state index in [9.17, 15) is 0 Å². The van der Waals surface area contributed by atoms with E-state index in [2.05, 4.69) is 83.8 Å². The normalized spacial score (nSPS) is 17.9. The molecule has 0 saturated carbocycles. The lowest BCUT2D eigenvalue weighted by molar-refractivity contribution is 0.174. The lowest BCUT2D eigenvalue weighted by Crippen LogP contribution is -2.29. The molecule has 2 aromatic heterocycles. The number of rotatable bonds is 7. The zero-order valence-corrected chi connectivity index (χ0v) is 23.5. The number of hydrogen-bond donors (Lipinski definition) is 1. The van der Waals surface area contributed by atoms with Crippen LogP contribution in [0.25, 0.3) is 5.69 Å². The molecular formula is C31H33N5O2S. The second-order valence-corrected chi connectivity index (χ2v) is 10.3. The zero-order valence-electron chi connectivity index (χ0n) is 22.7. The lowest BCUT2D eigenvalue weighted by Gasteiger charge is -2.28. The molecule has 1 fully saturated rings. The molecule has 0 radical (unpaired) electrons. The molecule has 4 heterocycles. The maximum absolute atomic E-state index is 5.95. The number of aryl methyl sites for hydroxylation is 1. The first kappa shape index (κ1) is 25.2. The Balaban J connectivity index is 1.45. The van der Waals surface area contributed by atoms with Crippen LogP contribution < -0.4 is 24.6 Å². The van der Waals surface area contributed by atoms with Crippen LogP contribution in [0.3, 0.4) is 0 Å². The zero-order chi connectivity index (χ0) is 27.1. The molecular weight excluding hydrogens is 506 g/mol. The van der Waals surface area contributed by atoms with Gasteiger partial charge in [-0.2, -0.15) is 0 Å². The Hall–Kier alpha value is -4.04. The van der Waals surface area contributed by atoms with Crippen LogP contribution in [0.15, 0.2) is 72.9 Å². The molecule has 39 heavy (non-hydrogen) atoms. The predicted octanol–water partition coefficient (Wildman–Crippen LogP) is 6.24. The second-order valence-electron chi connectivity index (χ2n) is 9.88. The van der Waals surface area contributed by atoms with Gasteiger partial charge in [-0.3, -0.25) is 4.98 Å². The van der Waals surface area contributed by atoms with Crippen molar-refractivity contribution in [2.75, 3.05) is 29.7 Å². The van der Waals surface area contributed by atoms with Gasteiger partial charge >= 0.3 is 0 Å². The number of thiocarbonyl (C=S) groups is 1. The number of hydrogen-bond acceptors (Lipinski definition) is 5. The van der Waals surface area contributed by atoms with Crippen LogP contribution in [0, 0.1) is 13.8 Å². The number of nitrogens with zero attached hydrogens (tertiary/aromatic N) is 4. The molecule has 200 valence electrons. The minimum Gasteiger partial charge on any atom is -0.454 e. The van der Waals surface area contributed by atoms with Crippen molar-refractivity contribution < 1.29 is 9.47 Å². The van der Waals surface area contributed by atoms with Gasteiger partial charge in [0, 0.05) is 53.8 Å². The average Bonchev–Trinajstić information content (AvgIpc) is 3.64. The van der Waals surface area contributed by atoms with Gasteiger partial charge in [-0.15, -0.1) is 0 Å². The van der Waals surface area contributed by atoms with Gasteiger partial charge in [-0.1, -0.05) is 6.07 Å². The Morgan fingerprint density at radius 3 is 2.41 bits per heavy atom. The third-order valence-corrected chi connectivity index (χ3v) is 8.07. The molecule has 0 aliphatic carbocycles. The summed E-state index contributed by atoms with van der Waals surface area (Å²) in [6.45, 7) is 10.9. The van der Waals surface area contributed by atoms with Gasteiger partial charge in [-0.05, 0) is 100 Å². The first-order valence-corrected chi connectivity index (χ1v) is 13.9. The lowest BCUT2D eigenvalue weighted by atomic mass is 9.96. The topological polar surface area (TPSA) is 54.8 Å². The maximum atomic E-state index is 5.95. The second kappa shape index (κ2) is 10.3. The van der Waals surface area contributed by atoms with Gasteiger partial charge in [0.2, 0.25) is 6.79 Å². The van der Waals surface area contributed by atoms with E-state index < -0.39 is 0 Å². The smallest absolute Gasteiger partial charge is 0.231 e. The van der Waals surface area contributed by atoms with Crippen molar-refractivity contribution in [1.82, 2.24) is 14.9 Å². The molecule has 6 rings (SSSR count). The third-order valence-electron chi connectivity index (χ3n) is 7.76. The predicted molar refractivity (Wildman–Crippen MR) is 159 cm³/mol. The Kier molecular flexibility index (Phi) is 6.64. The van der Waals surface area contributed by atoms with Gasteiger partial charge in [0.05, 0.1) is 17.8 Å². The van der Waals surface area contributed by atoms with E-state index in [0.717, 1.165) is 41.7 Å². The number of pyridine rings is 1. The standard InChI is InChI=1S/C31H33N5O2S/c1-5-34(6-2)22-10-12-23(13-11-22)35-20(3)17-25(21(35)4)30-29(26-9-7-8-16-32-26)33-31(39)36(30)24-14-15-27-28(18-24)38-19-37-27/h7-18,29-30H,5-6,19H2,1-4H3,(H,33,39)/t29-,30+/m1/s1. The third kappa shape index (κ3) is 4.38. The molecule has 4 aromatic rings. The van der Waals surface area contributed by atoms with Crippen molar-refractivity contribution in [3.63, 3.8) is 0 Å². The fourth-order valence-electron chi connectivity index (χ4n) is 5.87. The summed E-state index contributed by atoms with van der Waals surface area (Å²) >= 11 is 5.95. The first-order chi connectivity index (χ1) is 19.0.